The van der Waals surface area contributed by atoms with Gasteiger partial charge in [-0.15, -0.1) is 11.3 Å². The molecule has 4 nitrogen and oxygen atoms in total. The molecule has 0 fully saturated rings. The molecule has 0 radical (unpaired) electrons. The molecule has 0 aliphatic rings. The highest BCUT2D eigenvalue weighted by molar-refractivity contribution is 9.10. The molecule has 0 aromatic carbocycles. The normalized spacial score (nSPS) is 9.75. The van der Waals surface area contributed by atoms with Crippen molar-refractivity contribution < 1.29 is 4.79 Å². The van der Waals surface area contributed by atoms with Gasteiger partial charge in [-0.25, -0.2) is 0 Å². The zero-order valence-electron chi connectivity index (χ0n) is 8.62. The smallest absolute Gasteiger partial charge is 0.234 e. The van der Waals surface area contributed by atoms with Gasteiger partial charge in [0, 0.05) is 27.8 Å². The number of carbonyl (C=O) groups is 1. The van der Waals surface area contributed by atoms with Gasteiger partial charge in [0.1, 0.15) is 0 Å². The summed E-state index contributed by atoms with van der Waals surface area (Å²) < 4.78 is 1.06. The van der Waals surface area contributed by atoms with Crippen LogP contribution in [0.25, 0.3) is 0 Å². The lowest BCUT2D eigenvalue weighted by Crippen LogP contribution is -2.33. The summed E-state index contributed by atoms with van der Waals surface area (Å²) in [5.74, 6) is -0.0779. The summed E-state index contributed by atoms with van der Waals surface area (Å²) in [6.45, 7) is 1.38. The first-order valence-corrected chi connectivity index (χ1v) is 6.47. The second kappa shape index (κ2) is 7.39. The van der Waals surface area contributed by atoms with Gasteiger partial charge in [-0.05, 0) is 22.0 Å². The molecule has 86 valence electrons. The van der Waals surface area contributed by atoms with E-state index < -0.39 is 0 Å². The quantitative estimate of drug-likeness (QED) is 0.785. The van der Waals surface area contributed by atoms with Crippen molar-refractivity contribution >= 4 is 33.2 Å². The molecule has 0 saturated heterocycles. The van der Waals surface area contributed by atoms with Crippen molar-refractivity contribution in [2.24, 2.45) is 0 Å². The average molecular weight is 302 g/mol. The first-order valence-electron chi connectivity index (χ1n) is 4.79. The largest absolute Gasteiger partial charge is 0.354 e. The van der Waals surface area contributed by atoms with E-state index in [1.165, 1.54) is 4.88 Å². The van der Waals surface area contributed by atoms with Crippen LogP contribution in [0.15, 0.2) is 15.9 Å². The lowest BCUT2D eigenvalue weighted by Gasteiger charge is -2.03. The van der Waals surface area contributed by atoms with Crippen LogP contribution < -0.4 is 10.6 Å². The van der Waals surface area contributed by atoms with E-state index in [4.69, 9.17) is 5.26 Å². The van der Waals surface area contributed by atoms with Crippen LogP contribution in [0, 0.1) is 11.3 Å². The van der Waals surface area contributed by atoms with Crippen LogP contribution in [-0.4, -0.2) is 19.0 Å². The molecule has 1 amide bonds. The van der Waals surface area contributed by atoms with Gasteiger partial charge < -0.3 is 10.6 Å². The minimum atomic E-state index is -0.0779. The molecule has 0 bridgehead atoms. The number of halogens is 1. The van der Waals surface area contributed by atoms with Crippen molar-refractivity contribution in [1.29, 1.82) is 5.26 Å². The number of nitriles is 1. The van der Waals surface area contributed by atoms with Crippen LogP contribution >= 0.6 is 27.3 Å². The maximum absolute atomic E-state index is 11.2. The van der Waals surface area contributed by atoms with Crippen LogP contribution in [-0.2, 0) is 11.3 Å². The third-order valence-electron chi connectivity index (χ3n) is 1.77. The highest BCUT2D eigenvalue weighted by atomic mass is 79.9. The van der Waals surface area contributed by atoms with Crippen molar-refractivity contribution in [2.75, 3.05) is 13.1 Å². The first-order chi connectivity index (χ1) is 7.72. The summed E-state index contributed by atoms with van der Waals surface area (Å²) in [6.07, 6.45) is 0.351. The highest BCUT2D eigenvalue weighted by Crippen LogP contribution is 2.19. The fourth-order valence-corrected chi connectivity index (χ4v) is 2.49. The van der Waals surface area contributed by atoms with Gasteiger partial charge in [0.2, 0.25) is 5.91 Å². The fraction of sp³-hybridized carbons (Fsp3) is 0.400. The van der Waals surface area contributed by atoms with Gasteiger partial charge >= 0.3 is 0 Å². The molecule has 2 N–H and O–H groups in total. The molecule has 0 spiro atoms. The Morgan fingerprint density at radius 2 is 2.44 bits per heavy atom. The maximum Gasteiger partial charge on any atom is 0.234 e. The Morgan fingerprint density at radius 3 is 3.06 bits per heavy atom. The molecule has 16 heavy (non-hydrogen) atoms. The van der Waals surface area contributed by atoms with Crippen molar-refractivity contribution in [1.82, 2.24) is 10.6 Å². The molecule has 1 heterocycles. The Bertz CT molecular complexity index is 386. The molecule has 0 aliphatic carbocycles. The number of thiophene rings is 1. The molecule has 1 aromatic heterocycles. The molecule has 0 aliphatic heterocycles. The third kappa shape index (κ3) is 5.26. The first kappa shape index (κ1) is 13.2. The van der Waals surface area contributed by atoms with E-state index in [9.17, 15) is 4.79 Å². The molecule has 0 unspecified atom stereocenters. The van der Waals surface area contributed by atoms with Gasteiger partial charge in [-0.1, -0.05) is 0 Å². The van der Waals surface area contributed by atoms with Gasteiger partial charge in [0.15, 0.2) is 0 Å². The molecule has 0 saturated carbocycles. The van der Waals surface area contributed by atoms with E-state index in [0.29, 0.717) is 19.5 Å². The fourth-order valence-electron chi connectivity index (χ4n) is 1.07. The SMILES string of the molecule is N#CCCNC(=O)CNCc1cc(Br)cs1. The Balaban J connectivity index is 2.11. The summed E-state index contributed by atoms with van der Waals surface area (Å²) in [4.78, 5) is 12.4. The lowest BCUT2D eigenvalue weighted by atomic mass is 10.4. The average Bonchev–Trinajstić information content (AvgIpc) is 2.65. The Labute approximate surface area is 107 Å². The van der Waals surface area contributed by atoms with Gasteiger partial charge in [0.25, 0.3) is 0 Å². The zero-order chi connectivity index (χ0) is 11.8. The summed E-state index contributed by atoms with van der Waals surface area (Å²) in [5.41, 5.74) is 0. The Kier molecular flexibility index (Phi) is 6.08. The number of carbonyl (C=O) groups excluding carboxylic acids is 1. The van der Waals surface area contributed by atoms with Gasteiger partial charge in [-0.3, -0.25) is 4.79 Å². The Hall–Kier alpha value is -0.900. The maximum atomic E-state index is 11.2. The summed E-state index contributed by atoms with van der Waals surface area (Å²) in [6, 6.07) is 3.99. The molecule has 1 aromatic rings. The van der Waals surface area contributed by atoms with E-state index in [0.717, 1.165) is 4.47 Å². The number of hydrogen-bond donors (Lipinski definition) is 2. The lowest BCUT2D eigenvalue weighted by molar-refractivity contribution is -0.120. The second-order valence-electron chi connectivity index (χ2n) is 3.09. The second-order valence-corrected chi connectivity index (χ2v) is 5.00. The van der Waals surface area contributed by atoms with Crippen LogP contribution in [0.5, 0.6) is 0 Å². The summed E-state index contributed by atoms with van der Waals surface area (Å²) >= 11 is 5.01. The van der Waals surface area contributed by atoms with Crippen LogP contribution in [0.3, 0.4) is 0 Å². The van der Waals surface area contributed by atoms with Crippen LogP contribution in [0.1, 0.15) is 11.3 Å². The third-order valence-corrected chi connectivity index (χ3v) is 3.46. The predicted molar refractivity (Wildman–Crippen MR) is 67.0 cm³/mol. The number of nitrogens with zero attached hydrogens (tertiary/aromatic N) is 1. The zero-order valence-corrected chi connectivity index (χ0v) is 11.0. The standard InChI is InChI=1S/C10H12BrN3OS/c11-8-4-9(16-7-8)5-13-6-10(15)14-3-1-2-12/h4,7,13H,1,3,5-6H2,(H,14,15). The van der Waals surface area contributed by atoms with Crippen molar-refractivity contribution in [2.45, 2.75) is 13.0 Å². The van der Waals surface area contributed by atoms with Gasteiger partial charge in [0.05, 0.1) is 19.0 Å². The van der Waals surface area contributed by atoms with E-state index in [1.54, 1.807) is 11.3 Å². The van der Waals surface area contributed by atoms with Gasteiger partial charge in [-0.2, -0.15) is 5.26 Å². The minimum Gasteiger partial charge on any atom is -0.354 e. The minimum absolute atomic E-state index is 0.0779. The number of rotatable bonds is 6. The highest BCUT2D eigenvalue weighted by Gasteiger charge is 2.01. The van der Waals surface area contributed by atoms with Crippen molar-refractivity contribution in [3.63, 3.8) is 0 Å². The number of hydrogen-bond acceptors (Lipinski definition) is 4. The summed E-state index contributed by atoms with van der Waals surface area (Å²) in [5, 5.41) is 16.0. The van der Waals surface area contributed by atoms with E-state index in [2.05, 4.69) is 26.6 Å². The van der Waals surface area contributed by atoms with E-state index in [1.807, 2.05) is 17.5 Å². The van der Waals surface area contributed by atoms with E-state index >= 15 is 0 Å². The monoisotopic (exact) mass is 301 g/mol. The van der Waals surface area contributed by atoms with E-state index in [-0.39, 0.29) is 12.5 Å². The predicted octanol–water partition coefficient (Wildman–Crippen LogP) is 1.63. The van der Waals surface area contributed by atoms with Crippen LogP contribution in [0.4, 0.5) is 0 Å². The molecule has 1 rings (SSSR count). The number of amides is 1. The van der Waals surface area contributed by atoms with Crippen LogP contribution in [0.2, 0.25) is 0 Å². The molecular weight excluding hydrogens is 290 g/mol. The molecule has 0 atom stereocenters. The topological polar surface area (TPSA) is 64.9 Å². The molecular formula is C10H12BrN3OS. The van der Waals surface area contributed by atoms with Crippen molar-refractivity contribution in [3.8, 4) is 6.07 Å². The summed E-state index contributed by atoms with van der Waals surface area (Å²) in [7, 11) is 0. The van der Waals surface area contributed by atoms with Crippen molar-refractivity contribution in [3.05, 3.63) is 20.8 Å². The Morgan fingerprint density at radius 1 is 1.62 bits per heavy atom. The number of nitrogens with one attached hydrogen (secondary N) is 2. The molecule has 6 heteroatoms.